The van der Waals surface area contributed by atoms with E-state index in [1.807, 2.05) is 6.07 Å². The van der Waals surface area contributed by atoms with Crippen LogP contribution in [0, 0.1) is 0 Å². The predicted octanol–water partition coefficient (Wildman–Crippen LogP) is 6.23. The van der Waals surface area contributed by atoms with E-state index in [4.69, 9.17) is 0 Å². The minimum atomic E-state index is 0.257. The fraction of sp³-hybridized carbons (Fsp3) is 0.125. The minimum Gasteiger partial charge on any atom is -0.358 e. The van der Waals surface area contributed by atoms with Crippen molar-refractivity contribution < 1.29 is 4.58 Å². The van der Waals surface area contributed by atoms with Crippen LogP contribution in [0.15, 0.2) is 103 Å². The lowest BCUT2D eigenvalue weighted by Crippen LogP contribution is -2.26. The van der Waals surface area contributed by atoms with Gasteiger partial charge >= 0.3 is 0 Å². The highest BCUT2D eigenvalue weighted by Gasteiger charge is 2.33. The van der Waals surface area contributed by atoms with Crippen molar-refractivity contribution in [1.82, 2.24) is 0 Å². The third kappa shape index (κ3) is 3.99. The van der Waals surface area contributed by atoms with Crippen LogP contribution in [0.1, 0.15) is 18.0 Å². The van der Waals surface area contributed by atoms with Gasteiger partial charge in [0.1, 0.15) is 0 Å². The zero-order chi connectivity index (χ0) is 18.5. The average Bonchev–Trinajstić information content (AvgIpc) is 2.75. The van der Waals surface area contributed by atoms with Crippen LogP contribution in [0.2, 0.25) is 0 Å². The molecule has 1 aliphatic rings. The molecule has 1 atom stereocenters. The van der Waals surface area contributed by atoms with Gasteiger partial charge in [0.2, 0.25) is 10.7 Å². The summed E-state index contributed by atoms with van der Waals surface area (Å²) >= 11 is 1.79. The maximum atomic E-state index is 3.62. The van der Waals surface area contributed by atoms with Crippen molar-refractivity contribution in [3.63, 3.8) is 0 Å². The molecule has 1 heterocycles. The van der Waals surface area contributed by atoms with Gasteiger partial charge in [0.25, 0.3) is 0 Å². The van der Waals surface area contributed by atoms with E-state index in [1.54, 1.807) is 11.8 Å². The molecule has 27 heavy (non-hydrogen) atoms. The Hall–Kier alpha value is -2.78. The molecule has 1 N–H and O–H groups in total. The quantitative estimate of drug-likeness (QED) is 0.547. The van der Waals surface area contributed by atoms with Gasteiger partial charge in [0, 0.05) is 35.2 Å². The summed E-state index contributed by atoms with van der Waals surface area (Å²) in [5.74, 6) is 0. The Kier molecular flexibility index (Phi) is 5.40. The molecule has 0 saturated carbocycles. The molecule has 0 bridgehead atoms. The van der Waals surface area contributed by atoms with Gasteiger partial charge in [0.15, 0.2) is 6.04 Å². The Morgan fingerprint density at radius 1 is 0.815 bits per heavy atom. The fourth-order valence-corrected chi connectivity index (χ4v) is 4.21. The number of rotatable bonds is 4. The Balaban J connectivity index is 1.79. The zero-order valence-corrected chi connectivity index (χ0v) is 16.2. The topological polar surface area (TPSA) is 15.0 Å². The first-order valence-corrected chi connectivity index (χ1v) is 10.4. The molecule has 3 aromatic rings. The van der Waals surface area contributed by atoms with Crippen LogP contribution in [-0.2, 0) is 0 Å². The van der Waals surface area contributed by atoms with Crippen molar-refractivity contribution in [3.8, 4) is 0 Å². The number of benzene rings is 3. The molecular formula is C24H23N2S+. The van der Waals surface area contributed by atoms with E-state index in [1.165, 1.54) is 22.0 Å². The van der Waals surface area contributed by atoms with Gasteiger partial charge in [-0.2, -0.15) is 4.58 Å². The fourth-order valence-electron chi connectivity index (χ4n) is 3.52. The number of anilines is 1. The lowest BCUT2D eigenvalue weighted by Gasteiger charge is -2.24. The van der Waals surface area contributed by atoms with Crippen LogP contribution >= 0.6 is 11.8 Å². The minimum absolute atomic E-state index is 0.257. The molecule has 4 rings (SSSR count). The van der Waals surface area contributed by atoms with E-state index in [0.29, 0.717) is 0 Å². The van der Waals surface area contributed by atoms with Crippen molar-refractivity contribution in [1.29, 1.82) is 0 Å². The molecule has 0 fully saturated rings. The molecule has 0 aromatic heterocycles. The zero-order valence-electron chi connectivity index (χ0n) is 15.4. The SMILES string of the molecule is CSC1=[N+](c2ccccc2)C(c2ccccc2)CC(Nc2ccccc2)=C1. The van der Waals surface area contributed by atoms with E-state index < -0.39 is 0 Å². The third-order valence-electron chi connectivity index (χ3n) is 4.77. The van der Waals surface area contributed by atoms with E-state index in [9.17, 15) is 0 Å². The molecule has 0 radical (unpaired) electrons. The Bertz CT molecular complexity index is 947. The maximum absolute atomic E-state index is 3.62. The summed E-state index contributed by atoms with van der Waals surface area (Å²) < 4.78 is 2.45. The van der Waals surface area contributed by atoms with Gasteiger partial charge in [-0.15, -0.1) is 0 Å². The molecule has 3 aromatic carbocycles. The van der Waals surface area contributed by atoms with E-state index in [2.05, 4.69) is 107 Å². The lowest BCUT2D eigenvalue weighted by molar-refractivity contribution is -0.489. The van der Waals surface area contributed by atoms with Crippen molar-refractivity contribution >= 4 is 28.2 Å². The third-order valence-corrected chi connectivity index (χ3v) is 5.50. The molecule has 3 heteroatoms. The second-order valence-electron chi connectivity index (χ2n) is 6.54. The molecule has 1 aliphatic heterocycles. The summed E-state index contributed by atoms with van der Waals surface area (Å²) in [7, 11) is 0. The highest BCUT2D eigenvalue weighted by atomic mass is 32.2. The van der Waals surface area contributed by atoms with Crippen molar-refractivity contribution in [2.45, 2.75) is 12.5 Å². The van der Waals surface area contributed by atoms with Gasteiger partial charge in [-0.3, -0.25) is 0 Å². The summed E-state index contributed by atoms with van der Waals surface area (Å²) in [6.07, 6.45) is 5.36. The largest absolute Gasteiger partial charge is 0.358 e. The number of para-hydroxylation sites is 2. The summed E-state index contributed by atoms with van der Waals surface area (Å²) in [4.78, 5) is 0. The van der Waals surface area contributed by atoms with Crippen molar-refractivity contribution in [3.05, 3.63) is 108 Å². The standard InChI is InChI=1S/C24H22N2S/c1-27-24-18-21(25-20-13-7-3-8-14-20)17-23(19-11-5-2-6-12-19)26(24)22-15-9-4-10-16-22/h2-16,18,23H,17H2,1H3/p+1. The number of thioether (sulfide) groups is 1. The van der Waals surface area contributed by atoms with Gasteiger partial charge in [0.05, 0.1) is 6.42 Å². The highest BCUT2D eigenvalue weighted by Crippen LogP contribution is 2.35. The van der Waals surface area contributed by atoms with Crippen LogP contribution in [-0.4, -0.2) is 15.9 Å². The lowest BCUT2D eigenvalue weighted by atomic mass is 9.98. The van der Waals surface area contributed by atoms with E-state index >= 15 is 0 Å². The molecule has 1 unspecified atom stereocenters. The molecular weight excluding hydrogens is 348 g/mol. The Labute approximate surface area is 165 Å². The predicted molar refractivity (Wildman–Crippen MR) is 117 cm³/mol. The van der Waals surface area contributed by atoms with Crippen molar-refractivity contribution in [2.24, 2.45) is 0 Å². The molecule has 0 amide bonds. The van der Waals surface area contributed by atoms with Crippen LogP contribution in [0.25, 0.3) is 0 Å². The van der Waals surface area contributed by atoms with Crippen molar-refractivity contribution in [2.75, 3.05) is 11.6 Å². The number of hydrogen-bond acceptors (Lipinski definition) is 2. The Morgan fingerprint density at radius 3 is 2.04 bits per heavy atom. The molecule has 134 valence electrons. The second kappa shape index (κ2) is 8.28. The van der Waals surface area contributed by atoms with Gasteiger partial charge < -0.3 is 5.32 Å². The van der Waals surface area contributed by atoms with Gasteiger partial charge in [-0.1, -0.05) is 78.5 Å². The summed E-state index contributed by atoms with van der Waals surface area (Å²) in [6, 6.07) is 32.1. The van der Waals surface area contributed by atoms with Crippen LogP contribution in [0.3, 0.4) is 0 Å². The normalized spacial score (nSPS) is 16.8. The molecule has 0 aliphatic carbocycles. The average molecular weight is 372 g/mol. The summed E-state index contributed by atoms with van der Waals surface area (Å²) in [5.41, 5.74) is 4.93. The van der Waals surface area contributed by atoms with Crippen LogP contribution in [0.4, 0.5) is 11.4 Å². The summed E-state index contributed by atoms with van der Waals surface area (Å²) in [6.45, 7) is 0. The Morgan fingerprint density at radius 2 is 1.41 bits per heavy atom. The highest BCUT2D eigenvalue weighted by molar-refractivity contribution is 8.13. The first kappa shape index (κ1) is 17.6. The van der Waals surface area contributed by atoms with Crippen LogP contribution < -0.4 is 5.32 Å². The van der Waals surface area contributed by atoms with Crippen LogP contribution in [0.5, 0.6) is 0 Å². The number of nitrogens with zero attached hydrogens (tertiary/aromatic N) is 1. The number of nitrogens with one attached hydrogen (secondary N) is 1. The van der Waals surface area contributed by atoms with E-state index in [0.717, 1.165) is 12.1 Å². The second-order valence-corrected chi connectivity index (χ2v) is 7.37. The first-order valence-electron chi connectivity index (χ1n) is 9.18. The van der Waals surface area contributed by atoms with Gasteiger partial charge in [-0.25, -0.2) is 0 Å². The molecule has 2 nitrogen and oxygen atoms in total. The number of hydrogen-bond donors (Lipinski definition) is 1. The summed E-state index contributed by atoms with van der Waals surface area (Å²) in [5, 5.41) is 4.87. The molecule has 0 saturated heterocycles. The smallest absolute Gasteiger partial charge is 0.242 e. The monoisotopic (exact) mass is 371 g/mol. The first-order chi connectivity index (χ1) is 13.3. The van der Waals surface area contributed by atoms with E-state index in [-0.39, 0.29) is 6.04 Å². The van der Waals surface area contributed by atoms with Gasteiger partial charge in [-0.05, 0) is 18.4 Å². The molecule has 0 spiro atoms. The maximum Gasteiger partial charge on any atom is 0.242 e.